The Morgan fingerprint density at radius 1 is 1.62 bits per heavy atom. The van der Waals surface area contributed by atoms with E-state index in [4.69, 9.17) is 0 Å². The van der Waals surface area contributed by atoms with Crippen molar-refractivity contribution >= 4 is 5.82 Å². The van der Waals surface area contributed by atoms with Gasteiger partial charge in [0, 0.05) is 25.0 Å². The lowest BCUT2D eigenvalue weighted by atomic mass is 10.3. The summed E-state index contributed by atoms with van der Waals surface area (Å²) in [7, 11) is 0. The predicted molar refractivity (Wildman–Crippen MR) is 49.8 cm³/mol. The lowest BCUT2D eigenvalue weighted by Crippen LogP contribution is -2.26. The van der Waals surface area contributed by atoms with Crippen LogP contribution in [0.1, 0.15) is 6.42 Å². The summed E-state index contributed by atoms with van der Waals surface area (Å²) in [5.41, 5.74) is -0.158. The summed E-state index contributed by atoms with van der Waals surface area (Å²) >= 11 is 0. The van der Waals surface area contributed by atoms with Gasteiger partial charge in [-0.15, -0.1) is 0 Å². The number of hydrogen-bond acceptors (Lipinski definition) is 4. The average Bonchev–Trinajstić information content (AvgIpc) is 2.61. The van der Waals surface area contributed by atoms with E-state index >= 15 is 0 Å². The van der Waals surface area contributed by atoms with Crippen LogP contribution < -0.4 is 16.2 Å². The molecule has 70 valence electrons. The van der Waals surface area contributed by atoms with E-state index < -0.39 is 0 Å². The topological polar surface area (TPSA) is 69.8 Å². The zero-order valence-corrected chi connectivity index (χ0v) is 7.21. The lowest BCUT2D eigenvalue weighted by Gasteiger charge is -2.09. The molecule has 1 aromatic rings. The fourth-order valence-electron chi connectivity index (χ4n) is 1.43. The second kappa shape index (κ2) is 3.57. The van der Waals surface area contributed by atoms with Crippen molar-refractivity contribution in [3.05, 3.63) is 22.7 Å². The third-order valence-electron chi connectivity index (χ3n) is 2.11. The maximum absolute atomic E-state index is 11.2. The standard InChI is InChI=1S/C8H12N4O/c13-8-7(10-3-4-11-8)12-6-1-2-9-5-6/h3-4,6,9H,1-2,5H2,(H,10,12)(H,11,13). The Balaban J connectivity index is 2.08. The van der Waals surface area contributed by atoms with Gasteiger partial charge in [-0.25, -0.2) is 4.98 Å². The van der Waals surface area contributed by atoms with Crippen LogP contribution in [0.2, 0.25) is 0 Å². The molecular weight excluding hydrogens is 168 g/mol. The minimum Gasteiger partial charge on any atom is -0.361 e. The van der Waals surface area contributed by atoms with Crippen molar-refractivity contribution < 1.29 is 0 Å². The van der Waals surface area contributed by atoms with Gasteiger partial charge in [0.1, 0.15) is 0 Å². The van der Waals surface area contributed by atoms with Crippen LogP contribution in [0.3, 0.4) is 0 Å². The minimum atomic E-state index is -0.158. The molecule has 0 amide bonds. The molecule has 1 atom stereocenters. The summed E-state index contributed by atoms with van der Waals surface area (Å²) in [6.45, 7) is 1.90. The Labute approximate surface area is 75.6 Å². The first-order chi connectivity index (χ1) is 6.36. The molecule has 1 aliphatic heterocycles. The van der Waals surface area contributed by atoms with Gasteiger partial charge in [0.25, 0.3) is 5.56 Å². The van der Waals surface area contributed by atoms with Gasteiger partial charge in [0.2, 0.25) is 0 Å². The Morgan fingerprint density at radius 2 is 2.54 bits per heavy atom. The number of anilines is 1. The molecule has 1 unspecified atom stereocenters. The number of aromatic nitrogens is 2. The molecule has 0 aromatic carbocycles. The summed E-state index contributed by atoms with van der Waals surface area (Å²) in [4.78, 5) is 17.7. The smallest absolute Gasteiger partial charge is 0.290 e. The van der Waals surface area contributed by atoms with Crippen LogP contribution in [0.5, 0.6) is 0 Å². The molecule has 2 rings (SSSR count). The Kier molecular flexibility index (Phi) is 2.27. The Hall–Kier alpha value is -1.36. The molecule has 13 heavy (non-hydrogen) atoms. The third kappa shape index (κ3) is 1.86. The largest absolute Gasteiger partial charge is 0.361 e. The first kappa shape index (κ1) is 8.25. The number of nitrogens with zero attached hydrogens (tertiary/aromatic N) is 1. The maximum Gasteiger partial charge on any atom is 0.290 e. The molecule has 5 nitrogen and oxygen atoms in total. The third-order valence-corrected chi connectivity index (χ3v) is 2.11. The summed E-state index contributed by atoms with van der Waals surface area (Å²) in [6, 6.07) is 0.330. The van der Waals surface area contributed by atoms with E-state index in [1.54, 1.807) is 6.20 Å². The zero-order valence-electron chi connectivity index (χ0n) is 7.21. The van der Waals surface area contributed by atoms with Crippen molar-refractivity contribution in [2.75, 3.05) is 18.4 Å². The average molecular weight is 180 g/mol. The molecule has 1 saturated heterocycles. The summed E-state index contributed by atoms with van der Waals surface area (Å²) in [5.74, 6) is 0.413. The molecule has 0 spiro atoms. The van der Waals surface area contributed by atoms with Crippen LogP contribution in [-0.4, -0.2) is 29.1 Å². The van der Waals surface area contributed by atoms with Crippen molar-refractivity contribution in [1.29, 1.82) is 0 Å². The van der Waals surface area contributed by atoms with E-state index in [0.717, 1.165) is 19.5 Å². The van der Waals surface area contributed by atoms with Crippen LogP contribution in [0.25, 0.3) is 0 Å². The first-order valence-corrected chi connectivity index (χ1v) is 4.37. The molecule has 1 aliphatic rings. The van der Waals surface area contributed by atoms with Gasteiger partial charge >= 0.3 is 0 Å². The van der Waals surface area contributed by atoms with Gasteiger partial charge in [0.05, 0.1) is 0 Å². The molecule has 2 heterocycles. The summed E-state index contributed by atoms with van der Waals surface area (Å²) in [5, 5.41) is 6.30. The van der Waals surface area contributed by atoms with Gasteiger partial charge in [-0.05, 0) is 13.0 Å². The molecule has 5 heteroatoms. The second-order valence-electron chi connectivity index (χ2n) is 3.10. The van der Waals surface area contributed by atoms with E-state index in [9.17, 15) is 4.79 Å². The first-order valence-electron chi connectivity index (χ1n) is 4.37. The molecule has 1 fully saturated rings. The number of aromatic amines is 1. The van der Waals surface area contributed by atoms with Crippen molar-refractivity contribution in [2.45, 2.75) is 12.5 Å². The van der Waals surface area contributed by atoms with Crippen molar-refractivity contribution in [2.24, 2.45) is 0 Å². The molecule has 0 saturated carbocycles. The second-order valence-corrected chi connectivity index (χ2v) is 3.10. The van der Waals surface area contributed by atoms with Gasteiger partial charge in [0.15, 0.2) is 5.82 Å². The van der Waals surface area contributed by atoms with Gasteiger partial charge in [-0.1, -0.05) is 0 Å². The quantitative estimate of drug-likeness (QED) is 0.576. The number of hydrogen-bond donors (Lipinski definition) is 3. The highest BCUT2D eigenvalue weighted by Crippen LogP contribution is 2.02. The highest BCUT2D eigenvalue weighted by Gasteiger charge is 2.15. The highest BCUT2D eigenvalue weighted by atomic mass is 16.1. The van der Waals surface area contributed by atoms with Gasteiger partial charge < -0.3 is 15.6 Å². The van der Waals surface area contributed by atoms with Crippen LogP contribution >= 0.6 is 0 Å². The normalized spacial score (nSPS) is 21.7. The van der Waals surface area contributed by atoms with Crippen molar-refractivity contribution in [3.8, 4) is 0 Å². The highest BCUT2D eigenvalue weighted by molar-refractivity contribution is 5.32. The zero-order chi connectivity index (χ0) is 9.10. The van der Waals surface area contributed by atoms with Crippen LogP contribution in [0.4, 0.5) is 5.82 Å². The molecule has 1 aromatic heterocycles. The Morgan fingerprint density at radius 3 is 3.23 bits per heavy atom. The van der Waals surface area contributed by atoms with Crippen molar-refractivity contribution in [3.63, 3.8) is 0 Å². The molecule has 3 N–H and O–H groups in total. The summed E-state index contributed by atoms with van der Waals surface area (Å²) in [6.07, 6.45) is 4.14. The fraction of sp³-hybridized carbons (Fsp3) is 0.500. The Bertz CT molecular complexity index is 329. The monoisotopic (exact) mass is 180 g/mol. The minimum absolute atomic E-state index is 0.158. The van der Waals surface area contributed by atoms with E-state index in [1.807, 2.05) is 0 Å². The molecule has 0 aliphatic carbocycles. The predicted octanol–water partition coefficient (Wildman–Crippen LogP) is -0.456. The summed E-state index contributed by atoms with van der Waals surface area (Å²) < 4.78 is 0. The lowest BCUT2D eigenvalue weighted by molar-refractivity contribution is 0.784. The molecule has 0 radical (unpaired) electrons. The van der Waals surface area contributed by atoms with E-state index in [0.29, 0.717) is 11.9 Å². The molecule has 0 bridgehead atoms. The van der Waals surface area contributed by atoms with Crippen LogP contribution in [-0.2, 0) is 0 Å². The SMILES string of the molecule is O=c1[nH]ccnc1NC1CCNC1. The maximum atomic E-state index is 11.2. The fourth-order valence-corrected chi connectivity index (χ4v) is 1.43. The van der Waals surface area contributed by atoms with Gasteiger partial charge in [-0.3, -0.25) is 4.79 Å². The van der Waals surface area contributed by atoms with Crippen LogP contribution in [0, 0.1) is 0 Å². The molecular formula is C8H12N4O. The van der Waals surface area contributed by atoms with E-state index in [-0.39, 0.29) is 5.56 Å². The number of nitrogens with one attached hydrogen (secondary N) is 3. The van der Waals surface area contributed by atoms with E-state index in [1.165, 1.54) is 6.20 Å². The van der Waals surface area contributed by atoms with E-state index in [2.05, 4.69) is 20.6 Å². The number of H-pyrrole nitrogens is 1. The number of rotatable bonds is 2. The van der Waals surface area contributed by atoms with Crippen LogP contribution in [0.15, 0.2) is 17.2 Å². The van der Waals surface area contributed by atoms with Gasteiger partial charge in [-0.2, -0.15) is 0 Å². The van der Waals surface area contributed by atoms with Crippen molar-refractivity contribution in [1.82, 2.24) is 15.3 Å².